The molecular formula is C27H24N2O6. The fourth-order valence-electron chi connectivity index (χ4n) is 4.07. The van der Waals surface area contributed by atoms with Crippen LogP contribution in [0.5, 0.6) is 28.7 Å². The first-order valence-corrected chi connectivity index (χ1v) is 10.7. The maximum absolute atomic E-state index is 12.7. The molecule has 4 rings (SSSR count). The van der Waals surface area contributed by atoms with Crippen molar-refractivity contribution in [2.24, 2.45) is 5.73 Å². The lowest BCUT2D eigenvalue weighted by molar-refractivity contribution is 0.0733. The molecule has 0 saturated carbocycles. The van der Waals surface area contributed by atoms with Crippen molar-refractivity contribution < 1.29 is 28.5 Å². The Morgan fingerprint density at radius 2 is 1.69 bits per heavy atom. The van der Waals surface area contributed by atoms with E-state index < -0.39 is 11.9 Å². The van der Waals surface area contributed by atoms with E-state index >= 15 is 0 Å². The molecule has 1 atom stereocenters. The quantitative estimate of drug-likeness (QED) is 0.413. The number of nitriles is 1. The zero-order chi connectivity index (χ0) is 25.1. The summed E-state index contributed by atoms with van der Waals surface area (Å²) in [6, 6.07) is 17.8. The lowest BCUT2D eigenvalue weighted by Crippen LogP contribution is -2.21. The molecule has 0 aliphatic carbocycles. The minimum atomic E-state index is -0.571. The van der Waals surface area contributed by atoms with Crippen molar-refractivity contribution in [1.29, 1.82) is 5.26 Å². The Kier molecular flexibility index (Phi) is 6.51. The highest BCUT2D eigenvalue weighted by Crippen LogP contribution is 2.47. The molecule has 1 unspecified atom stereocenters. The summed E-state index contributed by atoms with van der Waals surface area (Å²) in [4.78, 5) is 12.7. The SMILES string of the molecule is COc1cc(C2C(C#N)=C(N)Oc3cc(OC(=O)c4ccccc4C)ccc32)cc(OC)c1OC. The van der Waals surface area contributed by atoms with E-state index in [2.05, 4.69) is 6.07 Å². The van der Waals surface area contributed by atoms with Gasteiger partial charge in [0.05, 0.1) is 32.8 Å². The number of allylic oxidation sites excluding steroid dienone is 1. The number of benzene rings is 3. The van der Waals surface area contributed by atoms with Gasteiger partial charge in [-0.25, -0.2) is 4.79 Å². The number of carbonyl (C=O) groups excluding carboxylic acids is 1. The summed E-state index contributed by atoms with van der Waals surface area (Å²) in [5, 5.41) is 9.87. The average Bonchev–Trinajstić information content (AvgIpc) is 2.86. The van der Waals surface area contributed by atoms with Crippen LogP contribution < -0.4 is 29.4 Å². The second-order valence-corrected chi connectivity index (χ2v) is 7.79. The summed E-state index contributed by atoms with van der Waals surface area (Å²) < 4.78 is 27.7. The molecule has 1 aliphatic heterocycles. The van der Waals surface area contributed by atoms with Crippen molar-refractivity contribution >= 4 is 5.97 Å². The molecule has 3 aromatic rings. The second kappa shape index (κ2) is 9.69. The van der Waals surface area contributed by atoms with E-state index in [1.165, 1.54) is 21.3 Å². The Hall–Kier alpha value is -4.64. The lowest BCUT2D eigenvalue weighted by Gasteiger charge is -2.27. The first kappa shape index (κ1) is 23.5. The van der Waals surface area contributed by atoms with Crippen LogP contribution in [-0.4, -0.2) is 27.3 Å². The largest absolute Gasteiger partial charge is 0.493 e. The zero-order valence-corrected chi connectivity index (χ0v) is 19.7. The van der Waals surface area contributed by atoms with Crippen molar-refractivity contribution in [3.05, 3.63) is 88.3 Å². The molecule has 0 radical (unpaired) electrons. The standard InChI is InChI=1S/C27H24N2O6/c1-15-7-5-6-8-18(15)27(30)34-17-9-10-19-21(13-17)35-26(29)20(14-28)24(19)16-11-22(31-2)25(33-4)23(12-16)32-3/h5-13,24H,29H2,1-4H3. The fraction of sp³-hybridized carbons (Fsp3) is 0.185. The molecule has 8 heteroatoms. The number of rotatable bonds is 6. The molecule has 0 spiro atoms. The molecule has 1 aliphatic rings. The number of carbonyl (C=O) groups is 1. The van der Waals surface area contributed by atoms with Crippen LogP contribution in [-0.2, 0) is 0 Å². The molecule has 8 nitrogen and oxygen atoms in total. The average molecular weight is 472 g/mol. The minimum Gasteiger partial charge on any atom is -0.493 e. The van der Waals surface area contributed by atoms with E-state index in [1.54, 1.807) is 42.5 Å². The lowest BCUT2D eigenvalue weighted by atomic mass is 9.83. The van der Waals surface area contributed by atoms with E-state index in [0.29, 0.717) is 39.7 Å². The van der Waals surface area contributed by atoms with E-state index in [-0.39, 0.29) is 17.2 Å². The molecule has 35 heavy (non-hydrogen) atoms. The summed E-state index contributed by atoms with van der Waals surface area (Å²) in [5.41, 5.74) is 8.99. The Labute approximate surface area is 203 Å². The van der Waals surface area contributed by atoms with Crippen LogP contribution in [0.15, 0.2) is 66.1 Å². The van der Waals surface area contributed by atoms with Crippen LogP contribution in [0, 0.1) is 18.3 Å². The highest BCUT2D eigenvalue weighted by molar-refractivity contribution is 5.92. The topological polar surface area (TPSA) is 113 Å². The van der Waals surface area contributed by atoms with Gasteiger partial charge in [0, 0.05) is 11.6 Å². The molecule has 0 fully saturated rings. The van der Waals surface area contributed by atoms with Crippen molar-refractivity contribution in [3.63, 3.8) is 0 Å². The number of fused-ring (bicyclic) bond motifs is 1. The summed E-state index contributed by atoms with van der Waals surface area (Å²) >= 11 is 0. The van der Waals surface area contributed by atoms with Crippen LogP contribution in [0.4, 0.5) is 0 Å². The summed E-state index contributed by atoms with van der Waals surface area (Å²) in [6.45, 7) is 1.84. The van der Waals surface area contributed by atoms with Crippen LogP contribution in [0.25, 0.3) is 0 Å². The minimum absolute atomic E-state index is 0.0406. The number of hydrogen-bond acceptors (Lipinski definition) is 8. The highest BCUT2D eigenvalue weighted by Gasteiger charge is 2.32. The maximum Gasteiger partial charge on any atom is 0.343 e. The molecule has 2 N–H and O–H groups in total. The Balaban J connectivity index is 1.77. The molecule has 0 bridgehead atoms. The van der Waals surface area contributed by atoms with E-state index in [1.807, 2.05) is 19.1 Å². The number of nitrogens with zero attached hydrogens (tertiary/aromatic N) is 1. The van der Waals surface area contributed by atoms with Crippen molar-refractivity contribution in [2.75, 3.05) is 21.3 Å². The van der Waals surface area contributed by atoms with E-state index in [4.69, 9.17) is 29.4 Å². The van der Waals surface area contributed by atoms with E-state index in [0.717, 1.165) is 5.56 Å². The zero-order valence-electron chi connectivity index (χ0n) is 19.7. The van der Waals surface area contributed by atoms with Gasteiger partial charge in [-0.15, -0.1) is 0 Å². The highest BCUT2D eigenvalue weighted by atomic mass is 16.5. The Bertz CT molecular complexity index is 1350. The van der Waals surface area contributed by atoms with Gasteiger partial charge in [0.1, 0.15) is 23.1 Å². The van der Waals surface area contributed by atoms with Gasteiger partial charge in [-0.05, 0) is 42.3 Å². The third-order valence-corrected chi connectivity index (χ3v) is 5.79. The second-order valence-electron chi connectivity index (χ2n) is 7.79. The number of ether oxygens (including phenoxy) is 5. The molecule has 0 saturated heterocycles. The number of esters is 1. The molecule has 0 amide bonds. The van der Waals surface area contributed by atoms with Gasteiger partial charge in [0.15, 0.2) is 11.5 Å². The monoisotopic (exact) mass is 472 g/mol. The summed E-state index contributed by atoms with van der Waals surface area (Å²) in [5.74, 6) is 0.870. The van der Waals surface area contributed by atoms with Crippen LogP contribution in [0.1, 0.15) is 33.0 Å². The predicted molar refractivity (Wildman–Crippen MR) is 128 cm³/mol. The van der Waals surface area contributed by atoms with Crippen LogP contribution in [0.3, 0.4) is 0 Å². The Morgan fingerprint density at radius 1 is 1.00 bits per heavy atom. The van der Waals surface area contributed by atoms with Gasteiger partial charge in [0.25, 0.3) is 0 Å². The number of methoxy groups -OCH3 is 3. The van der Waals surface area contributed by atoms with Gasteiger partial charge >= 0.3 is 5.97 Å². The van der Waals surface area contributed by atoms with Gasteiger partial charge in [-0.2, -0.15) is 5.26 Å². The van der Waals surface area contributed by atoms with Crippen molar-refractivity contribution in [2.45, 2.75) is 12.8 Å². The molecule has 0 aromatic heterocycles. The maximum atomic E-state index is 12.7. The van der Waals surface area contributed by atoms with Gasteiger partial charge in [-0.1, -0.05) is 24.3 Å². The first-order chi connectivity index (χ1) is 16.9. The van der Waals surface area contributed by atoms with Crippen LogP contribution >= 0.6 is 0 Å². The van der Waals surface area contributed by atoms with Gasteiger partial charge < -0.3 is 29.4 Å². The Morgan fingerprint density at radius 3 is 2.29 bits per heavy atom. The first-order valence-electron chi connectivity index (χ1n) is 10.7. The molecule has 1 heterocycles. The normalized spacial score (nSPS) is 14.3. The third kappa shape index (κ3) is 4.32. The fourth-order valence-corrected chi connectivity index (χ4v) is 4.07. The predicted octanol–water partition coefficient (Wildman–Crippen LogP) is 4.46. The van der Waals surface area contributed by atoms with Crippen LogP contribution in [0.2, 0.25) is 0 Å². The number of hydrogen-bond donors (Lipinski definition) is 1. The summed E-state index contributed by atoms with van der Waals surface area (Å²) in [7, 11) is 4.55. The van der Waals surface area contributed by atoms with E-state index in [9.17, 15) is 10.1 Å². The molecule has 3 aromatic carbocycles. The number of aryl methyl sites for hydroxylation is 1. The van der Waals surface area contributed by atoms with Gasteiger partial charge in [-0.3, -0.25) is 0 Å². The van der Waals surface area contributed by atoms with Crippen molar-refractivity contribution in [1.82, 2.24) is 0 Å². The third-order valence-electron chi connectivity index (χ3n) is 5.79. The molecular weight excluding hydrogens is 448 g/mol. The summed E-state index contributed by atoms with van der Waals surface area (Å²) in [6.07, 6.45) is 0. The number of nitrogens with two attached hydrogens (primary N) is 1. The smallest absolute Gasteiger partial charge is 0.343 e. The van der Waals surface area contributed by atoms with Crippen molar-refractivity contribution in [3.8, 4) is 34.8 Å². The van der Waals surface area contributed by atoms with Gasteiger partial charge in [0.2, 0.25) is 11.6 Å². The molecule has 178 valence electrons.